The summed E-state index contributed by atoms with van der Waals surface area (Å²) in [6.45, 7) is 4.21. The largest absolute Gasteiger partial charge is 0.330 e. The molecule has 0 aliphatic heterocycles. The second-order valence-corrected chi connectivity index (χ2v) is 6.38. The first-order valence-corrected chi connectivity index (χ1v) is 8.11. The molecule has 0 fully saturated rings. The third kappa shape index (κ3) is 2.68. The lowest BCUT2D eigenvalue weighted by Crippen LogP contribution is -1.92. The molecular weight excluding hydrogens is 306 g/mol. The molecule has 1 aromatic carbocycles. The van der Waals surface area contributed by atoms with Crippen molar-refractivity contribution in [2.45, 2.75) is 13.8 Å². The van der Waals surface area contributed by atoms with Crippen molar-refractivity contribution in [3.05, 3.63) is 60.0 Å². The summed E-state index contributed by atoms with van der Waals surface area (Å²) in [7, 11) is 0. The predicted octanol–water partition coefficient (Wildman–Crippen LogP) is 4.21. The zero-order chi connectivity index (χ0) is 15.8. The first kappa shape index (κ1) is 13.9. The first-order valence-electron chi connectivity index (χ1n) is 7.30. The van der Waals surface area contributed by atoms with E-state index in [1.807, 2.05) is 18.3 Å². The van der Waals surface area contributed by atoms with E-state index in [1.54, 1.807) is 16.9 Å². The van der Waals surface area contributed by atoms with Crippen LogP contribution in [0.5, 0.6) is 0 Å². The molecule has 0 unspecified atom stereocenters. The monoisotopic (exact) mass is 321 g/mol. The van der Waals surface area contributed by atoms with Gasteiger partial charge in [-0.1, -0.05) is 17.4 Å². The number of anilines is 2. The van der Waals surface area contributed by atoms with Crippen molar-refractivity contribution in [3.8, 4) is 11.3 Å². The summed E-state index contributed by atoms with van der Waals surface area (Å²) in [5, 5.41) is 8.72. The third-order valence-electron chi connectivity index (χ3n) is 3.76. The normalized spacial score (nSPS) is 11.0. The average Bonchev–Trinajstić information content (AvgIpc) is 3.10. The van der Waals surface area contributed by atoms with Gasteiger partial charge in [0.05, 0.1) is 11.9 Å². The summed E-state index contributed by atoms with van der Waals surface area (Å²) in [6, 6.07) is 10.2. The Kier molecular flexibility index (Phi) is 3.31. The molecule has 0 spiro atoms. The van der Waals surface area contributed by atoms with Crippen LogP contribution in [-0.4, -0.2) is 19.6 Å². The molecule has 0 radical (unpaired) electrons. The quantitative estimate of drug-likeness (QED) is 0.614. The average molecular weight is 321 g/mol. The highest BCUT2D eigenvalue weighted by atomic mass is 32.1. The molecule has 5 nitrogen and oxygen atoms in total. The fourth-order valence-electron chi connectivity index (χ4n) is 2.35. The molecule has 0 aliphatic rings. The minimum atomic E-state index is 0.827. The van der Waals surface area contributed by atoms with Crippen LogP contribution in [0.2, 0.25) is 0 Å². The smallest absolute Gasteiger partial charge is 0.214 e. The molecule has 3 heterocycles. The van der Waals surface area contributed by atoms with Crippen molar-refractivity contribution in [1.29, 1.82) is 0 Å². The SMILES string of the molecule is Cc1ccc(Nc2nn3cc(-c4cccnc4)nc3s2)cc1C. The highest BCUT2D eigenvalue weighted by Gasteiger charge is 2.10. The maximum absolute atomic E-state index is 4.62. The Morgan fingerprint density at radius 3 is 2.78 bits per heavy atom. The van der Waals surface area contributed by atoms with Gasteiger partial charge < -0.3 is 5.32 Å². The molecule has 0 atom stereocenters. The molecule has 114 valence electrons. The number of aryl methyl sites for hydroxylation is 2. The van der Waals surface area contributed by atoms with Crippen LogP contribution in [0.1, 0.15) is 11.1 Å². The van der Waals surface area contributed by atoms with Crippen molar-refractivity contribution in [2.24, 2.45) is 0 Å². The second kappa shape index (κ2) is 5.48. The lowest BCUT2D eigenvalue weighted by molar-refractivity contribution is 0.978. The summed E-state index contributed by atoms with van der Waals surface area (Å²) >= 11 is 1.53. The maximum atomic E-state index is 4.62. The minimum absolute atomic E-state index is 0.827. The molecule has 4 rings (SSSR count). The van der Waals surface area contributed by atoms with Gasteiger partial charge in [0.15, 0.2) is 0 Å². The van der Waals surface area contributed by atoms with Gasteiger partial charge in [0.1, 0.15) is 0 Å². The van der Waals surface area contributed by atoms with Crippen molar-refractivity contribution in [3.63, 3.8) is 0 Å². The van der Waals surface area contributed by atoms with E-state index in [1.165, 1.54) is 22.5 Å². The Balaban J connectivity index is 1.62. The van der Waals surface area contributed by atoms with Crippen LogP contribution in [-0.2, 0) is 0 Å². The van der Waals surface area contributed by atoms with Crippen molar-refractivity contribution < 1.29 is 0 Å². The summed E-state index contributed by atoms with van der Waals surface area (Å²) in [6.07, 6.45) is 5.49. The minimum Gasteiger partial charge on any atom is -0.330 e. The molecule has 0 aliphatic carbocycles. The highest BCUT2D eigenvalue weighted by molar-refractivity contribution is 7.20. The number of fused-ring (bicyclic) bond motifs is 1. The lowest BCUT2D eigenvalue weighted by atomic mass is 10.1. The number of benzene rings is 1. The van der Waals surface area contributed by atoms with Gasteiger partial charge in [0.25, 0.3) is 0 Å². The van der Waals surface area contributed by atoms with Crippen LogP contribution in [0, 0.1) is 13.8 Å². The standard InChI is InChI=1S/C17H15N5S/c1-11-5-6-14(8-12(11)2)19-16-21-22-10-15(20-17(22)23-16)13-4-3-7-18-9-13/h3-10H,1-2H3,(H,19,21). The number of nitrogens with zero attached hydrogens (tertiary/aromatic N) is 4. The molecule has 0 saturated heterocycles. The molecule has 4 aromatic rings. The molecule has 0 saturated carbocycles. The van der Waals surface area contributed by atoms with Crippen LogP contribution in [0.15, 0.2) is 48.9 Å². The number of aromatic nitrogens is 4. The van der Waals surface area contributed by atoms with E-state index in [9.17, 15) is 0 Å². The highest BCUT2D eigenvalue weighted by Crippen LogP contribution is 2.26. The number of imidazole rings is 1. The van der Waals surface area contributed by atoms with E-state index >= 15 is 0 Å². The van der Waals surface area contributed by atoms with Gasteiger partial charge in [0, 0.05) is 23.6 Å². The number of pyridine rings is 1. The fraction of sp³-hybridized carbons (Fsp3) is 0.118. The molecule has 3 aromatic heterocycles. The third-order valence-corrected chi connectivity index (χ3v) is 4.60. The van der Waals surface area contributed by atoms with Crippen LogP contribution >= 0.6 is 11.3 Å². The summed E-state index contributed by atoms with van der Waals surface area (Å²) in [5.74, 6) is 0. The first-order chi connectivity index (χ1) is 11.2. The summed E-state index contributed by atoms with van der Waals surface area (Å²) in [5.41, 5.74) is 5.46. The maximum Gasteiger partial charge on any atom is 0.214 e. The Morgan fingerprint density at radius 1 is 1.13 bits per heavy atom. The summed E-state index contributed by atoms with van der Waals surface area (Å²) < 4.78 is 1.80. The lowest BCUT2D eigenvalue weighted by Gasteiger charge is -2.05. The van der Waals surface area contributed by atoms with Gasteiger partial charge in [-0.25, -0.2) is 9.50 Å². The van der Waals surface area contributed by atoms with Gasteiger partial charge in [-0.15, -0.1) is 5.10 Å². The van der Waals surface area contributed by atoms with Crippen LogP contribution in [0.3, 0.4) is 0 Å². The summed E-state index contributed by atoms with van der Waals surface area (Å²) in [4.78, 5) is 9.60. The van der Waals surface area contributed by atoms with Crippen molar-refractivity contribution in [2.75, 3.05) is 5.32 Å². The van der Waals surface area contributed by atoms with E-state index < -0.39 is 0 Å². The zero-order valence-corrected chi connectivity index (χ0v) is 13.6. The number of rotatable bonds is 3. The Hall–Kier alpha value is -2.73. The van der Waals surface area contributed by atoms with Crippen LogP contribution in [0.25, 0.3) is 16.2 Å². The predicted molar refractivity (Wildman–Crippen MR) is 93.3 cm³/mol. The molecule has 23 heavy (non-hydrogen) atoms. The van der Waals surface area contributed by atoms with Crippen LogP contribution < -0.4 is 5.32 Å². The van der Waals surface area contributed by atoms with E-state index in [0.29, 0.717) is 0 Å². The number of hydrogen-bond donors (Lipinski definition) is 1. The molecule has 1 N–H and O–H groups in total. The van der Waals surface area contributed by atoms with E-state index in [2.05, 4.69) is 52.4 Å². The van der Waals surface area contributed by atoms with Crippen LogP contribution in [0.4, 0.5) is 10.8 Å². The van der Waals surface area contributed by atoms with E-state index in [0.717, 1.165) is 27.0 Å². The van der Waals surface area contributed by atoms with Crippen molar-refractivity contribution in [1.82, 2.24) is 19.6 Å². The molecule has 0 bridgehead atoms. The molecular formula is C17H15N5S. The zero-order valence-electron chi connectivity index (χ0n) is 12.8. The molecule has 0 amide bonds. The topological polar surface area (TPSA) is 55.1 Å². The van der Waals surface area contributed by atoms with Gasteiger partial charge in [-0.2, -0.15) is 0 Å². The number of nitrogens with one attached hydrogen (secondary N) is 1. The Bertz CT molecular complexity index is 940. The van der Waals surface area contributed by atoms with E-state index in [4.69, 9.17) is 0 Å². The fourth-order valence-corrected chi connectivity index (χ4v) is 3.15. The Labute approximate surface area is 137 Å². The van der Waals surface area contributed by atoms with Gasteiger partial charge >= 0.3 is 0 Å². The van der Waals surface area contributed by atoms with Gasteiger partial charge in [0.2, 0.25) is 10.1 Å². The van der Waals surface area contributed by atoms with Gasteiger partial charge in [-0.3, -0.25) is 4.98 Å². The Morgan fingerprint density at radius 2 is 2.04 bits per heavy atom. The number of hydrogen-bond acceptors (Lipinski definition) is 5. The second-order valence-electron chi connectivity index (χ2n) is 5.43. The van der Waals surface area contributed by atoms with E-state index in [-0.39, 0.29) is 0 Å². The van der Waals surface area contributed by atoms with Gasteiger partial charge in [-0.05, 0) is 49.2 Å². The van der Waals surface area contributed by atoms with Crippen molar-refractivity contribution >= 4 is 27.1 Å². The molecule has 6 heteroatoms.